The summed E-state index contributed by atoms with van der Waals surface area (Å²) in [4.78, 5) is 0. The zero-order valence-electron chi connectivity index (χ0n) is 8.73. The van der Waals surface area contributed by atoms with Crippen molar-refractivity contribution in [2.45, 2.75) is 13.0 Å². The highest BCUT2D eigenvalue weighted by Crippen LogP contribution is 1.84. The molecule has 0 aromatic heterocycles. The average molecular weight is 260 g/mol. The third-order valence-corrected chi connectivity index (χ3v) is 3.81. The van der Waals surface area contributed by atoms with Crippen molar-refractivity contribution in [3.05, 3.63) is 0 Å². The van der Waals surface area contributed by atoms with Gasteiger partial charge in [0.2, 0.25) is 0 Å². The molecule has 0 heterocycles. The summed E-state index contributed by atoms with van der Waals surface area (Å²) < 4.78 is 52.3. The molecule has 8 nitrogen and oxygen atoms in total. The van der Waals surface area contributed by atoms with Crippen LogP contribution in [-0.4, -0.2) is 43.5 Å². The zero-order valence-corrected chi connectivity index (χ0v) is 10.4. The molecule has 0 rings (SSSR count). The molecule has 0 saturated carbocycles. The van der Waals surface area contributed by atoms with Gasteiger partial charge in [0.1, 0.15) is 0 Å². The van der Waals surface area contributed by atoms with E-state index in [-0.39, 0.29) is 6.54 Å². The molecule has 0 aromatic carbocycles. The first-order chi connectivity index (χ1) is 6.72. The lowest BCUT2D eigenvalue weighted by Gasteiger charge is -2.13. The Morgan fingerprint density at radius 1 is 1.00 bits per heavy atom. The summed E-state index contributed by atoms with van der Waals surface area (Å²) >= 11 is 0. The van der Waals surface area contributed by atoms with Crippen molar-refractivity contribution >= 4 is 20.4 Å². The Morgan fingerprint density at radius 2 is 1.47 bits per heavy atom. The van der Waals surface area contributed by atoms with E-state index in [1.54, 1.807) is 0 Å². The molecule has 0 radical (unpaired) electrons. The third-order valence-electron chi connectivity index (χ3n) is 1.47. The van der Waals surface area contributed by atoms with E-state index in [0.29, 0.717) is 0 Å². The van der Waals surface area contributed by atoms with Crippen molar-refractivity contribution in [2.75, 3.05) is 20.6 Å². The molecule has 4 N–H and O–H groups in total. The number of nitrogens with one attached hydrogen (secondary N) is 4. The maximum atomic E-state index is 11.0. The normalized spacial score (nSPS) is 15.1. The molecule has 0 bridgehead atoms. The second kappa shape index (κ2) is 5.72. The second-order valence-corrected chi connectivity index (χ2v) is 6.14. The number of hydrogen-bond acceptors (Lipinski definition) is 4. The zero-order chi connectivity index (χ0) is 12.1. The molecule has 0 saturated heterocycles. The molecule has 1 unspecified atom stereocenters. The SMILES string of the molecule is CNS(=O)(=O)NCC(C)NS(=O)(=O)NC. The van der Waals surface area contributed by atoms with Gasteiger partial charge in [0.05, 0.1) is 0 Å². The summed E-state index contributed by atoms with van der Waals surface area (Å²) in [5, 5.41) is 0. The summed E-state index contributed by atoms with van der Waals surface area (Å²) in [5.74, 6) is 0. The van der Waals surface area contributed by atoms with Crippen LogP contribution in [0.2, 0.25) is 0 Å². The Hall–Kier alpha value is -0.260. The van der Waals surface area contributed by atoms with E-state index in [9.17, 15) is 16.8 Å². The largest absolute Gasteiger partial charge is 0.276 e. The first-order valence-corrected chi connectivity index (χ1v) is 7.08. The fraction of sp³-hybridized carbons (Fsp3) is 1.00. The molecule has 0 spiro atoms. The predicted octanol–water partition coefficient (Wildman–Crippen LogP) is -2.52. The highest BCUT2D eigenvalue weighted by molar-refractivity contribution is 7.87. The van der Waals surface area contributed by atoms with Crippen molar-refractivity contribution in [3.8, 4) is 0 Å². The van der Waals surface area contributed by atoms with E-state index in [1.807, 2.05) is 4.72 Å². The standard InChI is InChI=1S/C5H16N4O4S2/c1-5(9-15(12,13)7-3)4-8-14(10,11)6-2/h5-9H,4H2,1-3H3. The second-order valence-electron chi connectivity index (χ2n) is 2.78. The van der Waals surface area contributed by atoms with Gasteiger partial charge >= 0.3 is 0 Å². The quantitative estimate of drug-likeness (QED) is 0.404. The number of hydrogen-bond donors (Lipinski definition) is 4. The van der Waals surface area contributed by atoms with E-state index in [4.69, 9.17) is 0 Å². The number of rotatable bonds is 7. The van der Waals surface area contributed by atoms with Gasteiger partial charge < -0.3 is 0 Å². The summed E-state index contributed by atoms with van der Waals surface area (Å²) in [6.07, 6.45) is 0. The Labute approximate surface area is 90.2 Å². The van der Waals surface area contributed by atoms with Crippen LogP contribution in [0.15, 0.2) is 0 Å². The van der Waals surface area contributed by atoms with E-state index in [0.717, 1.165) is 0 Å². The van der Waals surface area contributed by atoms with Crippen LogP contribution in [0.25, 0.3) is 0 Å². The Bertz CT molecular complexity index is 376. The van der Waals surface area contributed by atoms with Crippen LogP contribution in [0.5, 0.6) is 0 Å². The fourth-order valence-corrected chi connectivity index (χ4v) is 2.02. The highest BCUT2D eigenvalue weighted by atomic mass is 32.2. The van der Waals surface area contributed by atoms with E-state index in [1.165, 1.54) is 21.0 Å². The molecule has 92 valence electrons. The van der Waals surface area contributed by atoms with Gasteiger partial charge in [0.25, 0.3) is 20.4 Å². The van der Waals surface area contributed by atoms with Gasteiger partial charge in [-0.05, 0) is 6.92 Å². The molecule has 0 aromatic rings. The lowest BCUT2D eigenvalue weighted by Crippen LogP contribution is -2.47. The van der Waals surface area contributed by atoms with E-state index >= 15 is 0 Å². The van der Waals surface area contributed by atoms with Crippen LogP contribution >= 0.6 is 0 Å². The minimum absolute atomic E-state index is 0.0376. The highest BCUT2D eigenvalue weighted by Gasteiger charge is 2.13. The molecule has 0 amide bonds. The van der Waals surface area contributed by atoms with Gasteiger partial charge in [-0.3, -0.25) is 0 Å². The first-order valence-electron chi connectivity index (χ1n) is 4.11. The molecule has 0 aliphatic heterocycles. The van der Waals surface area contributed by atoms with E-state index < -0.39 is 26.5 Å². The minimum Gasteiger partial charge on any atom is -0.205 e. The van der Waals surface area contributed by atoms with Crippen LogP contribution in [-0.2, 0) is 20.4 Å². The lowest BCUT2D eigenvalue weighted by molar-refractivity contribution is 0.537. The van der Waals surface area contributed by atoms with Crippen LogP contribution in [0.4, 0.5) is 0 Å². The lowest BCUT2D eigenvalue weighted by atomic mass is 10.4. The van der Waals surface area contributed by atoms with Gasteiger partial charge in [-0.2, -0.15) is 21.6 Å². The molecular formula is C5H16N4O4S2. The Morgan fingerprint density at radius 3 is 1.87 bits per heavy atom. The van der Waals surface area contributed by atoms with Crippen LogP contribution in [0.3, 0.4) is 0 Å². The topological polar surface area (TPSA) is 116 Å². The summed E-state index contributed by atoms with van der Waals surface area (Å²) in [7, 11) is -4.57. The van der Waals surface area contributed by atoms with E-state index in [2.05, 4.69) is 14.2 Å². The molecule has 0 fully saturated rings. The summed E-state index contributed by atoms with van der Waals surface area (Å²) in [6.45, 7) is 1.50. The molecular weight excluding hydrogens is 244 g/mol. The van der Waals surface area contributed by atoms with Gasteiger partial charge in [0.15, 0.2) is 0 Å². The monoisotopic (exact) mass is 260 g/mol. The van der Waals surface area contributed by atoms with Crippen molar-refractivity contribution in [3.63, 3.8) is 0 Å². The van der Waals surface area contributed by atoms with Crippen LogP contribution in [0, 0.1) is 0 Å². The molecule has 1 atom stereocenters. The van der Waals surface area contributed by atoms with Crippen molar-refractivity contribution in [1.29, 1.82) is 0 Å². The van der Waals surface area contributed by atoms with Crippen LogP contribution in [0.1, 0.15) is 6.92 Å². The molecule has 0 aliphatic rings. The Kier molecular flexibility index (Phi) is 5.62. The first kappa shape index (κ1) is 14.7. The van der Waals surface area contributed by atoms with Gasteiger partial charge in [-0.15, -0.1) is 0 Å². The maximum Gasteiger partial charge on any atom is 0.276 e. The van der Waals surface area contributed by atoms with Crippen molar-refractivity contribution in [1.82, 2.24) is 18.9 Å². The smallest absolute Gasteiger partial charge is 0.205 e. The third kappa shape index (κ3) is 6.76. The van der Waals surface area contributed by atoms with Crippen LogP contribution < -0.4 is 18.9 Å². The summed E-state index contributed by atoms with van der Waals surface area (Å²) in [5.41, 5.74) is 0. The Balaban J connectivity index is 4.13. The molecule has 0 aliphatic carbocycles. The molecule has 10 heteroatoms. The van der Waals surface area contributed by atoms with Gasteiger partial charge in [0, 0.05) is 26.7 Å². The van der Waals surface area contributed by atoms with Gasteiger partial charge in [-0.25, -0.2) is 14.2 Å². The van der Waals surface area contributed by atoms with Crippen molar-refractivity contribution < 1.29 is 16.8 Å². The average Bonchev–Trinajstić information content (AvgIpc) is 2.15. The fourth-order valence-electron chi connectivity index (χ4n) is 0.672. The van der Waals surface area contributed by atoms with Crippen molar-refractivity contribution in [2.24, 2.45) is 0 Å². The predicted molar refractivity (Wildman–Crippen MR) is 56.6 cm³/mol. The maximum absolute atomic E-state index is 11.0. The van der Waals surface area contributed by atoms with Gasteiger partial charge in [-0.1, -0.05) is 0 Å². The minimum atomic E-state index is -3.55. The molecule has 15 heavy (non-hydrogen) atoms. The summed E-state index contributed by atoms with van der Waals surface area (Å²) in [6, 6.07) is -0.550.